The predicted octanol–water partition coefficient (Wildman–Crippen LogP) is 4.75. The summed E-state index contributed by atoms with van der Waals surface area (Å²) in [6, 6.07) is 11.4. The van der Waals surface area contributed by atoms with Crippen LogP contribution in [0.5, 0.6) is 5.75 Å². The molecule has 1 saturated carbocycles. The molecule has 12 heteroatoms. The van der Waals surface area contributed by atoms with Crippen molar-refractivity contribution in [1.82, 2.24) is 9.03 Å². The van der Waals surface area contributed by atoms with Crippen molar-refractivity contribution in [2.24, 2.45) is 11.8 Å². The van der Waals surface area contributed by atoms with E-state index >= 15 is 0 Å². The molecule has 0 radical (unpaired) electrons. The van der Waals surface area contributed by atoms with E-state index in [0.717, 1.165) is 49.4 Å². The summed E-state index contributed by atoms with van der Waals surface area (Å²) in [6.45, 7) is 3.45. The molecular weight excluding hydrogens is 642 g/mol. The zero-order chi connectivity index (χ0) is 33.0. The van der Waals surface area contributed by atoms with Crippen molar-refractivity contribution >= 4 is 33.4 Å². The Bertz CT molecular complexity index is 1570. The van der Waals surface area contributed by atoms with Gasteiger partial charge < -0.3 is 23.8 Å². The van der Waals surface area contributed by atoms with E-state index in [0.29, 0.717) is 44.5 Å². The summed E-state index contributed by atoms with van der Waals surface area (Å²) in [5, 5.41) is 0.736. The van der Waals surface area contributed by atoms with Crippen LogP contribution in [-0.2, 0) is 36.3 Å². The fraction of sp³-hybridized carbons (Fsp3) is 0.571. The molecule has 2 aromatic rings. The molecule has 0 aromatic heterocycles. The molecule has 1 N–H and O–H groups in total. The minimum absolute atomic E-state index is 0.117. The molecule has 6 rings (SSSR count). The standard InChI is InChI=1S/C35H46ClN3O7S/c1-43-17-16-39-15-4-3-7-32(45-19-18-44-2)29-11-8-27(29)22-38-23-35(14-5-6-25-20-28(36)10-12-30(25)35)24-46-33-13-9-26(21-31(33)38)34(40)37-47(39,41)42/h3,7,9-10,12-13,20-21,27,29,32H,4-6,8,11,14-19,22-24H2,1-2H3,(H,37,40)/b7-3+/t27-,29+,32-,35-/m0/s1. The van der Waals surface area contributed by atoms with E-state index in [1.54, 1.807) is 25.3 Å². The average molecular weight is 688 g/mol. The van der Waals surface area contributed by atoms with Crippen LogP contribution in [0.3, 0.4) is 0 Å². The van der Waals surface area contributed by atoms with Gasteiger partial charge in [0.2, 0.25) is 0 Å². The maximum Gasteiger partial charge on any atom is 0.304 e. The first-order valence-corrected chi connectivity index (χ1v) is 18.4. The summed E-state index contributed by atoms with van der Waals surface area (Å²) in [5.74, 6) is 0.653. The molecule has 1 amide bonds. The van der Waals surface area contributed by atoms with Gasteiger partial charge in [0.05, 0.1) is 38.2 Å². The zero-order valence-electron chi connectivity index (χ0n) is 27.3. The van der Waals surface area contributed by atoms with E-state index in [9.17, 15) is 13.2 Å². The number of hydrogen-bond donors (Lipinski definition) is 1. The first kappa shape index (κ1) is 34.2. The number of nitrogens with zero attached hydrogens (tertiary/aromatic N) is 2. The molecule has 47 heavy (non-hydrogen) atoms. The molecule has 1 spiro atoms. The maximum absolute atomic E-state index is 13.5. The first-order chi connectivity index (χ1) is 22.7. The van der Waals surface area contributed by atoms with Gasteiger partial charge in [0.1, 0.15) is 5.75 Å². The maximum atomic E-state index is 13.5. The van der Waals surface area contributed by atoms with Crippen molar-refractivity contribution in [3.8, 4) is 5.75 Å². The number of nitrogens with one attached hydrogen (secondary N) is 1. The van der Waals surface area contributed by atoms with Crippen LogP contribution in [0.25, 0.3) is 0 Å². The number of rotatable bonds is 7. The highest BCUT2D eigenvalue weighted by atomic mass is 35.5. The van der Waals surface area contributed by atoms with Crippen LogP contribution in [0.4, 0.5) is 5.69 Å². The molecule has 1 fully saturated rings. The van der Waals surface area contributed by atoms with Crippen LogP contribution in [0, 0.1) is 11.8 Å². The Morgan fingerprint density at radius 1 is 1.09 bits per heavy atom. The van der Waals surface area contributed by atoms with Crippen LogP contribution in [0.2, 0.25) is 5.02 Å². The highest BCUT2D eigenvalue weighted by molar-refractivity contribution is 7.87. The Kier molecular flexibility index (Phi) is 10.8. The molecule has 2 aromatic carbocycles. The Labute approximate surface area is 283 Å². The smallest absolute Gasteiger partial charge is 0.304 e. The lowest BCUT2D eigenvalue weighted by Crippen LogP contribution is -2.50. The van der Waals surface area contributed by atoms with E-state index in [1.165, 1.54) is 22.5 Å². The van der Waals surface area contributed by atoms with Crippen molar-refractivity contribution in [3.63, 3.8) is 0 Å². The normalized spacial score (nSPS) is 28.3. The number of carbonyl (C=O) groups excluding carboxylic acids is 1. The lowest BCUT2D eigenvalue weighted by molar-refractivity contribution is -0.0309. The fourth-order valence-electron chi connectivity index (χ4n) is 7.62. The third kappa shape index (κ3) is 7.50. The molecule has 4 aliphatic rings. The third-order valence-electron chi connectivity index (χ3n) is 10.2. The number of anilines is 1. The first-order valence-electron chi connectivity index (χ1n) is 16.6. The van der Waals surface area contributed by atoms with Crippen molar-refractivity contribution in [2.75, 3.05) is 71.7 Å². The van der Waals surface area contributed by atoms with E-state index in [2.05, 4.69) is 27.8 Å². The molecule has 2 aliphatic heterocycles. The predicted molar refractivity (Wildman–Crippen MR) is 182 cm³/mol. The highest BCUT2D eigenvalue weighted by Crippen LogP contribution is 2.47. The molecule has 10 nitrogen and oxygen atoms in total. The van der Waals surface area contributed by atoms with E-state index < -0.39 is 16.1 Å². The van der Waals surface area contributed by atoms with Crippen LogP contribution >= 0.6 is 11.6 Å². The van der Waals surface area contributed by atoms with Gasteiger partial charge in [0, 0.05) is 56.4 Å². The summed E-state index contributed by atoms with van der Waals surface area (Å²) < 4.78 is 54.0. The van der Waals surface area contributed by atoms with Gasteiger partial charge in [-0.3, -0.25) is 4.79 Å². The number of benzene rings is 2. The van der Waals surface area contributed by atoms with E-state index in [4.69, 9.17) is 30.5 Å². The summed E-state index contributed by atoms with van der Waals surface area (Å²) in [5.41, 5.74) is 3.32. The molecule has 256 valence electrons. The Morgan fingerprint density at radius 3 is 2.72 bits per heavy atom. The summed E-state index contributed by atoms with van der Waals surface area (Å²) in [7, 11) is -0.959. The lowest BCUT2D eigenvalue weighted by atomic mass is 9.68. The van der Waals surface area contributed by atoms with Crippen molar-refractivity contribution in [3.05, 3.63) is 70.3 Å². The van der Waals surface area contributed by atoms with Crippen LogP contribution < -0.4 is 14.4 Å². The topological polar surface area (TPSA) is 107 Å². The summed E-state index contributed by atoms with van der Waals surface area (Å²) in [6.07, 6.45) is 9.49. The molecule has 2 aliphatic carbocycles. The fourth-order valence-corrected chi connectivity index (χ4v) is 8.95. The van der Waals surface area contributed by atoms with Crippen molar-refractivity contribution < 1.29 is 32.2 Å². The van der Waals surface area contributed by atoms with Gasteiger partial charge in [-0.15, -0.1) is 0 Å². The van der Waals surface area contributed by atoms with E-state index in [1.807, 2.05) is 12.1 Å². The monoisotopic (exact) mass is 687 g/mol. The minimum atomic E-state index is -4.15. The molecule has 2 heterocycles. The minimum Gasteiger partial charge on any atom is -0.490 e. The largest absolute Gasteiger partial charge is 0.490 e. The van der Waals surface area contributed by atoms with Gasteiger partial charge in [-0.05, 0) is 91.8 Å². The molecule has 4 atom stereocenters. The summed E-state index contributed by atoms with van der Waals surface area (Å²) in [4.78, 5) is 15.9. The number of methoxy groups -OCH3 is 2. The quantitative estimate of drug-likeness (QED) is 0.329. The van der Waals surface area contributed by atoms with Crippen molar-refractivity contribution in [1.29, 1.82) is 0 Å². The number of amides is 1. The van der Waals surface area contributed by atoms with Crippen LogP contribution in [-0.4, -0.2) is 91.6 Å². The van der Waals surface area contributed by atoms with Crippen molar-refractivity contribution in [2.45, 2.75) is 50.0 Å². The number of fused-ring (bicyclic) bond motifs is 4. The highest BCUT2D eigenvalue weighted by Gasteiger charge is 2.44. The van der Waals surface area contributed by atoms with Gasteiger partial charge >= 0.3 is 10.2 Å². The van der Waals surface area contributed by atoms with Crippen LogP contribution in [0.15, 0.2) is 48.6 Å². The number of ether oxygens (including phenoxy) is 4. The van der Waals surface area contributed by atoms with Gasteiger partial charge in [0.25, 0.3) is 5.91 Å². The second-order valence-electron chi connectivity index (χ2n) is 13.2. The Balaban J connectivity index is 1.40. The number of hydrogen-bond acceptors (Lipinski definition) is 8. The molecular formula is C35H46ClN3O7S. The number of carbonyl (C=O) groups is 1. The average Bonchev–Trinajstić information content (AvgIpc) is 3.18. The lowest BCUT2D eigenvalue weighted by Gasteiger charge is -2.46. The SMILES string of the molecule is COCCO[C@H]1/C=C/CCN(CCOC)S(=O)(=O)NC(=O)c2ccc3c(c2)N(C[C@@H]2CC[C@H]21)C[C@@]1(CCCc2cc(Cl)ccc21)CO3. The second kappa shape index (κ2) is 14.8. The second-order valence-corrected chi connectivity index (χ2v) is 15.3. The van der Waals surface area contributed by atoms with Gasteiger partial charge in [0.15, 0.2) is 0 Å². The molecule has 0 unspecified atom stereocenters. The van der Waals surface area contributed by atoms with Gasteiger partial charge in [-0.25, -0.2) is 4.72 Å². The third-order valence-corrected chi connectivity index (χ3v) is 12.0. The molecule has 2 bridgehead atoms. The van der Waals surface area contributed by atoms with E-state index in [-0.39, 0.29) is 42.7 Å². The molecule has 0 saturated heterocycles. The zero-order valence-corrected chi connectivity index (χ0v) is 28.9. The Morgan fingerprint density at radius 2 is 1.94 bits per heavy atom. The van der Waals surface area contributed by atoms with Gasteiger partial charge in [-0.1, -0.05) is 29.8 Å². The van der Waals surface area contributed by atoms with Crippen LogP contribution in [0.1, 0.15) is 53.6 Å². The Hall–Kier alpha value is -2.67. The number of aryl methyl sites for hydroxylation is 1. The number of halogens is 1. The van der Waals surface area contributed by atoms with Gasteiger partial charge in [-0.2, -0.15) is 12.7 Å². The summed E-state index contributed by atoms with van der Waals surface area (Å²) >= 11 is 6.43.